The van der Waals surface area contributed by atoms with E-state index in [4.69, 9.17) is 5.26 Å². The van der Waals surface area contributed by atoms with Crippen LogP contribution in [-0.4, -0.2) is 39.7 Å². The molecule has 1 saturated carbocycles. The van der Waals surface area contributed by atoms with E-state index in [9.17, 15) is 9.59 Å². The molecule has 3 unspecified atom stereocenters. The summed E-state index contributed by atoms with van der Waals surface area (Å²) in [5.41, 5.74) is 4.52. The largest absolute Gasteiger partial charge is 0.317 e. The van der Waals surface area contributed by atoms with Crippen LogP contribution in [0.25, 0.3) is 5.69 Å². The first kappa shape index (κ1) is 20.2. The number of nitriles is 1. The van der Waals surface area contributed by atoms with Crippen LogP contribution in [0.15, 0.2) is 30.3 Å². The van der Waals surface area contributed by atoms with Crippen LogP contribution in [0.1, 0.15) is 78.7 Å². The lowest BCUT2D eigenvalue weighted by Gasteiger charge is -2.32. The van der Waals surface area contributed by atoms with E-state index in [1.807, 2.05) is 31.2 Å². The molecule has 3 aliphatic rings. The molecular weight excluding hydrogens is 386 g/mol. The summed E-state index contributed by atoms with van der Waals surface area (Å²) in [5.74, 6) is 1.43. The molecule has 3 fully saturated rings. The molecule has 2 aromatic rings. The number of fused-ring (bicyclic) bond motifs is 2. The molecule has 5 rings (SSSR count). The summed E-state index contributed by atoms with van der Waals surface area (Å²) < 4.78 is 2.21. The highest BCUT2D eigenvalue weighted by Crippen LogP contribution is 2.41. The number of ketones is 2. The summed E-state index contributed by atoms with van der Waals surface area (Å²) >= 11 is 0. The number of nitrogens with zero attached hydrogens (tertiary/aromatic N) is 3. The number of carbonyl (C=O) groups excluding carboxylic acids is 2. The van der Waals surface area contributed by atoms with Crippen molar-refractivity contribution in [3.8, 4) is 11.8 Å². The summed E-state index contributed by atoms with van der Waals surface area (Å²) in [4.78, 5) is 27.7. The third-order valence-electron chi connectivity index (χ3n) is 7.93. The van der Waals surface area contributed by atoms with Crippen molar-refractivity contribution in [3.05, 3.63) is 52.8 Å². The summed E-state index contributed by atoms with van der Waals surface area (Å²) in [6.07, 6.45) is 6.28. The molecule has 2 bridgehead atoms. The Hall–Kier alpha value is -2.71. The Kier molecular flexibility index (Phi) is 5.06. The maximum atomic E-state index is 13.4. The summed E-state index contributed by atoms with van der Waals surface area (Å²) in [5, 5.41) is 9.16. The molecule has 0 radical (unpaired) electrons. The first-order valence-electron chi connectivity index (χ1n) is 11.5. The van der Waals surface area contributed by atoms with Crippen molar-refractivity contribution < 1.29 is 9.59 Å². The lowest BCUT2D eigenvalue weighted by Crippen LogP contribution is -2.35. The molecule has 3 heterocycles. The van der Waals surface area contributed by atoms with Gasteiger partial charge in [0, 0.05) is 35.1 Å². The number of hydrogen-bond acceptors (Lipinski definition) is 4. The SMILES string of the molecule is Cc1c(C(=O)CN2C3CCC2C(=O)C3)cc(C(C)C2CCC2)n1-c1ccc(C#N)cc1. The van der Waals surface area contributed by atoms with Crippen LogP contribution in [-0.2, 0) is 4.79 Å². The first-order chi connectivity index (χ1) is 15.0. The van der Waals surface area contributed by atoms with Gasteiger partial charge in [0.2, 0.25) is 0 Å². The van der Waals surface area contributed by atoms with Gasteiger partial charge >= 0.3 is 0 Å². The molecule has 1 aromatic heterocycles. The van der Waals surface area contributed by atoms with Crippen molar-refractivity contribution >= 4 is 11.6 Å². The molecule has 2 aliphatic heterocycles. The Balaban J connectivity index is 1.50. The number of Topliss-reactive ketones (excluding diaryl/α,β-unsaturated/α-hetero) is 2. The van der Waals surface area contributed by atoms with Gasteiger partial charge in [-0.1, -0.05) is 13.3 Å². The zero-order chi connectivity index (χ0) is 21.7. The van der Waals surface area contributed by atoms with E-state index < -0.39 is 0 Å². The lowest BCUT2D eigenvalue weighted by atomic mass is 9.75. The maximum absolute atomic E-state index is 13.4. The van der Waals surface area contributed by atoms with Gasteiger partial charge in [-0.3, -0.25) is 14.5 Å². The van der Waals surface area contributed by atoms with Crippen molar-refractivity contribution in [1.82, 2.24) is 9.47 Å². The normalized spacial score (nSPS) is 24.2. The third-order valence-corrected chi connectivity index (χ3v) is 7.93. The van der Waals surface area contributed by atoms with Crippen LogP contribution in [0.5, 0.6) is 0 Å². The molecule has 1 aliphatic carbocycles. The smallest absolute Gasteiger partial charge is 0.178 e. The van der Waals surface area contributed by atoms with E-state index >= 15 is 0 Å². The van der Waals surface area contributed by atoms with Crippen molar-refractivity contribution in [2.45, 2.75) is 70.4 Å². The monoisotopic (exact) mass is 415 g/mol. The average Bonchev–Trinajstić information content (AvgIpc) is 3.36. The van der Waals surface area contributed by atoms with E-state index in [1.54, 1.807) is 0 Å². The van der Waals surface area contributed by atoms with Gasteiger partial charge in [0.25, 0.3) is 0 Å². The quantitative estimate of drug-likeness (QED) is 0.649. The predicted molar refractivity (Wildman–Crippen MR) is 118 cm³/mol. The number of rotatable bonds is 6. The van der Waals surface area contributed by atoms with Crippen LogP contribution >= 0.6 is 0 Å². The second-order valence-electron chi connectivity index (χ2n) is 9.55. The van der Waals surface area contributed by atoms with E-state index in [0.29, 0.717) is 36.1 Å². The van der Waals surface area contributed by atoms with Crippen LogP contribution in [0, 0.1) is 24.2 Å². The zero-order valence-corrected chi connectivity index (χ0v) is 18.3. The third kappa shape index (κ3) is 3.34. The predicted octanol–water partition coefficient (Wildman–Crippen LogP) is 4.55. The van der Waals surface area contributed by atoms with Gasteiger partial charge in [0.15, 0.2) is 11.6 Å². The van der Waals surface area contributed by atoms with Crippen LogP contribution < -0.4 is 0 Å². The van der Waals surface area contributed by atoms with E-state index in [2.05, 4.69) is 28.5 Å². The Labute approximate surface area is 183 Å². The average molecular weight is 416 g/mol. The molecule has 0 N–H and O–H groups in total. The van der Waals surface area contributed by atoms with E-state index in [0.717, 1.165) is 29.8 Å². The Morgan fingerprint density at radius 3 is 2.48 bits per heavy atom. The maximum Gasteiger partial charge on any atom is 0.178 e. The van der Waals surface area contributed by atoms with Crippen molar-refractivity contribution in [2.24, 2.45) is 5.92 Å². The molecule has 31 heavy (non-hydrogen) atoms. The highest BCUT2D eigenvalue weighted by molar-refractivity contribution is 6.00. The first-order valence-corrected chi connectivity index (χ1v) is 11.5. The van der Waals surface area contributed by atoms with Gasteiger partial charge in [0.05, 0.1) is 24.2 Å². The van der Waals surface area contributed by atoms with E-state index in [1.165, 1.54) is 25.0 Å². The standard InChI is InChI=1S/C26H29N3O2/c1-16(19-4-3-5-19)24-13-22(17(2)29(24)20-8-6-18(14-27)7-9-20)26(31)15-28-21-10-11-23(28)25(30)12-21/h6-9,13,16,19,21,23H,3-5,10-12,15H2,1-2H3. The topological polar surface area (TPSA) is 66.1 Å². The van der Waals surface area contributed by atoms with E-state index in [-0.39, 0.29) is 17.9 Å². The van der Waals surface area contributed by atoms with Crippen molar-refractivity contribution in [2.75, 3.05) is 6.54 Å². The highest BCUT2D eigenvalue weighted by atomic mass is 16.1. The number of carbonyl (C=O) groups is 2. The van der Waals surface area contributed by atoms with Crippen LogP contribution in [0.3, 0.4) is 0 Å². The van der Waals surface area contributed by atoms with Gasteiger partial charge in [0.1, 0.15) is 0 Å². The molecule has 0 amide bonds. The van der Waals surface area contributed by atoms with Crippen molar-refractivity contribution in [3.63, 3.8) is 0 Å². The Morgan fingerprint density at radius 2 is 1.94 bits per heavy atom. The molecule has 5 nitrogen and oxygen atoms in total. The molecule has 160 valence electrons. The minimum absolute atomic E-state index is 0.0526. The van der Waals surface area contributed by atoms with Crippen LogP contribution in [0.2, 0.25) is 0 Å². The Bertz CT molecular complexity index is 1070. The summed E-state index contributed by atoms with van der Waals surface area (Å²) in [6.45, 7) is 4.62. The lowest BCUT2D eigenvalue weighted by molar-refractivity contribution is -0.120. The second-order valence-corrected chi connectivity index (χ2v) is 9.55. The minimum atomic E-state index is -0.0526. The summed E-state index contributed by atoms with van der Waals surface area (Å²) in [6, 6.07) is 12.1. The molecule has 1 aromatic carbocycles. The molecule has 5 heteroatoms. The molecular formula is C26H29N3O2. The Morgan fingerprint density at radius 1 is 1.19 bits per heavy atom. The zero-order valence-electron chi connectivity index (χ0n) is 18.3. The second kappa shape index (κ2) is 7.76. The minimum Gasteiger partial charge on any atom is -0.317 e. The molecule has 3 atom stereocenters. The fourth-order valence-corrected chi connectivity index (χ4v) is 5.82. The molecule has 2 saturated heterocycles. The number of hydrogen-bond donors (Lipinski definition) is 0. The fraction of sp³-hybridized carbons (Fsp3) is 0.500. The molecule has 0 spiro atoms. The van der Waals surface area contributed by atoms with Gasteiger partial charge < -0.3 is 4.57 Å². The number of aromatic nitrogens is 1. The summed E-state index contributed by atoms with van der Waals surface area (Å²) in [7, 11) is 0. The number of benzene rings is 1. The van der Waals surface area contributed by atoms with Crippen molar-refractivity contribution in [1.29, 1.82) is 5.26 Å². The van der Waals surface area contributed by atoms with Gasteiger partial charge in [-0.2, -0.15) is 5.26 Å². The van der Waals surface area contributed by atoms with Gasteiger partial charge in [-0.25, -0.2) is 0 Å². The fourth-order valence-electron chi connectivity index (χ4n) is 5.82. The highest BCUT2D eigenvalue weighted by Gasteiger charge is 2.46. The van der Waals surface area contributed by atoms with Gasteiger partial charge in [-0.05, 0) is 74.8 Å². The van der Waals surface area contributed by atoms with Crippen LogP contribution in [0.4, 0.5) is 0 Å². The van der Waals surface area contributed by atoms with Gasteiger partial charge in [-0.15, -0.1) is 0 Å².